The van der Waals surface area contributed by atoms with Gasteiger partial charge in [-0.3, -0.25) is 9.48 Å². The summed E-state index contributed by atoms with van der Waals surface area (Å²) in [6.07, 6.45) is 1.05. The smallest absolute Gasteiger partial charge is 0.220 e. The van der Waals surface area contributed by atoms with Crippen LogP contribution in [0, 0.1) is 20.8 Å². The summed E-state index contributed by atoms with van der Waals surface area (Å²) >= 11 is 0. The van der Waals surface area contributed by atoms with Gasteiger partial charge in [0.25, 0.3) is 0 Å². The van der Waals surface area contributed by atoms with Gasteiger partial charge in [-0.1, -0.05) is 6.07 Å². The molecule has 1 aromatic carbocycles. The van der Waals surface area contributed by atoms with Crippen molar-refractivity contribution in [1.29, 1.82) is 0 Å². The minimum Gasteiger partial charge on any atom is -0.486 e. The fourth-order valence-electron chi connectivity index (χ4n) is 4.20. The van der Waals surface area contributed by atoms with Gasteiger partial charge in [-0.2, -0.15) is 5.10 Å². The Bertz CT molecular complexity index is 1120. The zero-order valence-corrected chi connectivity index (χ0v) is 18.2. The SMILES string of the molecule is Cc1nc2c(c(C)nn2C)c(C)c1CCC(=O)N[C@@H](C)c1ccc2c(c1)OCCO2. The Labute approximate surface area is 176 Å². The third-order valence-corrected chi connectivity index (χ3v) is 5.78. The molecule has 0 unspecified atom stereocenters. The molecule has 7 nitrogen and oxygen atoms in total. The summed E-state index contributed by atoms with van der Waals surface area (Å²) < 4.78 is 13.0. The molecule has 30 heavy (non-hydrogen) atoms. The van der Waals surface area contributed by atoms with E-state index in [1.165, 1.54) is 0 Å². The van der Waals surface area contributed by atoms with Crippen molar-refractivity contribution >= 4 is 16.9 Å². The summed E-state index contributed by atoms with van der Waals surface area (Å²) in [5.74, 6) is 1.50. The molecule has 3 heterocycles. The summed E-state index contributed by atoms with van der Waals surface area (Å²) in [6, 6.07) is 5.69. The summed E-state index contributed by atoms with van der Waals surface area (Å²) in [7, 11) is 1.91. The van der Waals surface area contributed by atoms with Gasteiger partial charge in [0.2, 0.25) is 5.91 Å². The van der Waals surface area contributed by atoms with Crippen molar-refractivity contribution < 1.29 is 14.3 Å². The first-order valence-corrected chi connectivity index (χ1v) is 10.3. The molecule has 158 valence electrons. The number of fused-ring (bicyclic) bond motifs is 2. The standard InChI is InChI=1S/C23H28N4O3/c1-13-18(15(3)25-23-22(13)16(4)26-27(23)5)7-9-21(28)24-14(2)17-6-8-19-20(12-17)30-11-10-29-19/h6,8,12,14H,7,9-11H2,1-5H3,(H,24,28)/t14-/m0/s1. The van der Waals surface area contributed by atoms with Crippen LogP contribution in [0.3, 0.4) is 0 Å². The molecular formula is C23H28N4O3. The van der Waals surface area contributed by atoms with Crippen molar-refractivity contribution in [3.63, 3.8) is 0 Å². The third kappa shape index (κ3) is 3.72. The summed E-state index contributed by atoms with van der Waals surface area (Å²) in [5, 5.41) is 8.67. The number of aryl methyl sites for hydroxylation is 4. The predicted molar refractivity (Wildman–Crippen MR) is 115 cm³/mol. The maximum Gasteiger partial charge on any atom is 0.220 e. The van der Waals surface area contributed by atoms with Crippen LogP contribution >= 0.6 is 0 Å². The normalized spacial score (nSPS) is 14.0. The van der Waals surface area contributed by atoms with Crippen molar-refractivity contribution in [1.82, 2.24) is 20.1 Å². The van der Waals surface area contributed by atoms with E-state index in [4.69, 9.17) is 14.5 Å². The number of nitrogens with one attached hydrogen (secondary N) is 1. The van der Waals surface area contributed by atoms with Gasteiger partial charge in [-0.15, -0.1) is 0 Å². The van der Waals surface area contributed by atoms with Gasteiger partial charge in [0.1, 0.15) is 13.2 Å². The van der Waals surface area contributed by atoms with Crippen LogP contribution in [-0.4, -0.2) is 33.9 Å². The summed E-state index contributed by atoms with van der Waals surface area (Å²) in [6.45, 7) is 9.18. The molecule has 0 saturated carbocycles. The molecule has 7 heteroatoms. The predicted octanol–water partition coefficient (Wildman–Crippen LogP) is 3.47. The highest BCUT2D eigenvalue weighted by atomic mass is 16.6. The molecule has 1 atom stereocenters. The van der Waals surface area contributed by atoms with Crippen molar-refractivity contribution in [2.45, 2.75) is 46.6 Å². The van der Waals surface area contributed by atoms with Gasteiger partial charge >= 0.3 is 0 Å². The molecule has 1 N–H and O–H groups in total. The van der Waals surface area contributed by atoms with Gasteiger partial charge in [0, 0.05) is 24.5 Å². The quantitative estimate of drug-likeness (QED) is 0.699. The Morgan fingerprint density at radius 2 is 1.90 bits per heavy atom. The van der Waals surface area contributed by atoms with Crippen LogP contribution in [0.2, 0.25) is 0 Å². The first-order valence-electron chi connectivity index (χ1n) is 10.3. The van der Waals surface area contributed by atoms with Crippen LogP contribution in [0.1, 0.15) is 47.5 Å². The van der Waals surface area contributed by atoms with Crippen LogP contribution in [0.5, 0.6) is 11.5 Å². The maximum atomic E-state index is 12.6. The molecular weight excluding hydrogens is 380 g/mol. The van der Waals surface area contributed by atoms with Crippen LogP contribution in [0.4, 0.5) is 0 Å². The number of ether oxygens (including phenoxy) is 2. The zero-order chi connectivity index (χ0) is 21.4. The fourth-order valence-corrected chi connectivity index (χ4v) is 4.20. The minimum absolute atomic E-state index is 0.0131. The van der Waals surface area contributed by atoms with Crippen molar-refractivity contribution in [2.75, 3.05) is 13.2 Å². The van der Waals surface area contributed by atoms with E-state index in [-0.39, 0.29) is 11.9 Å². The Balaban J connectivity index is 1.44. The number of hydrogen-bond donors (Lipinski definition) is 1. The van der Waals surface area contributed by atoms with E-state index in [1.807, 2.05) is 50.7 Å². The van der Waals surface area contributed by atoms with Crippen molar-refractivity contribution in [3.05, 3.63) is 46.3 Å². The molecule has 3 aromatic rings. The van der Waals surface area contributed by atoms with E-state index in [1.54, 1.807) is 0 Å². The highest BCUT2D eigenvalue weighted by Crippen LogP contribution is 2.32. The molecule has 0 fully saturated rings. The molecule has 1 aliphatic rings. The van der Waals surface area contributed by atoms with Crippen LogP contribution in [-0.2, 0) is 18.3 Å². The highest BCUT2D eigenvalue weighted by Gasteiger charge is 2.18. The molecule has 4 rings (SSSR count). The number of hydrogen-bond acceptors (Lipinski definition) is 5. The van der Waals surface area contributed by atoms with Crippen LogP contribution in [0.15, 0.2) is 18.2 Å². The minimum atomic E-state index is -0.114. The van der Waals surface area contributed by atoms with E-state index < -0.39 is 0 Å². The van der Waals surface area contributed by atoms with Gasteiger partial charge in [0.15, 0.2) is 17.1 Å². The number of pyridine rings is 1. The number of benzene rings is 1. The number of amides is 1. The Morgan fingerprint density at radius 3 is 2.67 bits per heavy atom. The Kier molecular flexibility index (Phi) is 5.37. The van der Waals surface area contributed by atoms with E-state index >= 15 is 0 Å². The van der Waals surface area contributed by atoms with E-state index in [9.17, 15) is 4.79 Å². The second-order valence-corrected chi connectivity index (χ2v) is 7.90. The second-order valence-electron chi connectivity index (χ2n) is 7.90. The number of carbonyl (C=O) groups is 1. The van der Waals surface area contributed by atoms with E-state index in [2.05, 4.69) is 17.3 Å². The van der Waals surface area contributed by atoms with Gasteiger partial charge < -0.3 is 14.8 Å². The van der Waals surface area contributed by atoms with Gasteiger partial charge in [0.05, 0.1) is 11.7 Å². The number of carbonyl (C=O) groups excluding carboxylic acids is 1. The highest BCUT2D eigenvalue weighted by molar-refractivity contribution is 5.84. The molecule has 0 bridgehead atoms. The molecule has 1 amide bonds. The molecule has 0 spiro atoms. The lowest BCUT2D eigenvalue weighted by Crippen LogP contribution is -2.27. The summed E-state index contributed by atoms with van der Waals surface area (Å²) in [5.41, 5.74) is 6.10. The van der Waals surface area contributed by atoms with Gasteiger partial charge in [-0.25, -0.2) is 4.98 Å². The second kappa shape index (κ2) is 7.97. The average molecular weight is 409 g/mol. The Hall–Kier alpha value is -3.09. The maximum absolute atomic E-state index is 12.6. The third-order valence-electron chi connectivity index (χ3n) is 5.78. The Morgan fingerprint density at radius 1 is 1.17 bits per heavy atom. The van der Waals surface area contributed by atoms with E-state index in [0.717, 1.165) is 50.6 Å². The molecule has 0 saturated heterocycles. The first-order chi connectivity index (χ1) is 14.3. The fraction of sp³-hybridized carbons (Fsp3) is 0.435. The molecule has 2 aromatic heterocycles. The number of aromatic nitrogens is 3. The van der Waals surface area contributed by atoms with E-state index in [0.29, 0.717) is 26.1 Å². The average Bonchev–Trinajstić information content (AvgIpc) is 3.00. The zero-order valence-electron chi connectivity index (χ0n) is 18.2. The van der Waals surface area contributed by atoms with Crippen molar-refractivity contribution in [2.24, 2.45) is 7.05 Å². The lowest BCUT2D eigenvalue weighted by molar-refractivity contribution is -0.121. The van der Waals surface area contributed by atoms with Crippen molar-refractivity contribution in [3.8, 4) is 11.5 Å². The number of rotatable bonds is 5. The molecule has 0 radical (unpaired) electrons. The lowest BCUT2D eigenvalue weighted by atomic mass is 9.99. The topological polar surface area (TPSA) is 78.3 Å². The number of nitrogens with zero attached hydrogens (tertiary/aromatic N) is 3. The van der Waals surface area contributed by atoms with Gasteiger partial charge in [-0.05, 0) is 62.9 Å². The summed E-state index contributed by atoms with van der Waals surface area (Å²) in [4.78, 5) is 17.4. The molecule has 0 aliphatic carbocycles. The van der Waals surface area contributed by atoms with Crippen LogP contribution < -0.4 is 14.8 Å². The van der Waals surface area contributed by atoms with Crippen LogP contribution in [0.25, 0.3) is 11.0 Å². The largest absolute Gasteiger partial charge is 0.486 e. The first kappa shape index (κ1) is 20.2. The lowest BCUT2D eigenvalue weighted by Gasteiger charge is -2.21. The molecule has 1 aliphatic heterocycles. The monoisotopic (exact) mass is 408 g/mol.